The van der Waals surface area contributed by atoms with Gasteiger partial charge in [0, 0.05) is 6.54 Å². The fourth-order valence-electron chi connectivity index (χ4n) is 3.63. The summed E-state index contributed by atoms with van der Waals surface area (Å²) in [6.45, 7) is 7.66. The van der Waals surface area contributed by atoms with E-state index in [1.807, 2.05) is 19.1 Å². The summed E-state index contributed by atoms with van der Waals surface area (Å²) in [5, 5.41) is 12.8. The van der Waals surface area contributed by atoms with Crippen LogP contribution in [0.1, 0.15) is 57.1 Å². The van der Waals surface area contributed by atoms with E-state index in [0.29, 0.717) is 5.41 Å². The third kappa shape index (κ3) is 3.54. The third-order valence-corrected chi connectivity index (χ3v) is 4.45. The van der Waals surface area contributed by atoms with Crippen molar-refractivity contribution < 1.29 is 0 Å². The van der Waals surface area contributed by atoms with Crippen LogP contribution in [-0.4, -0.2) is 6.54 Å². The van der Waals surface area contributed by atoms with E-state index in [2.05, 4.69) is 31.3 Å². The monoisotopic (exact) mass is 270 g/mol. The minimum Gasteiger partial charge on any atom is -0.383 e. The van der Waals surface area contributed by atoms with Crippen molar-refractivity contribution in [2.75, 3.05) is 11.9 Å². The Hall–Kier alpha value is -1.49. The molecule has 1 aliphatic carbocycles. The van der Waals surface area contributed by atoms with E-state index in [9.17, 15) is 5.26 Å². The van der Waals surface area contributed by atoms with E-state index >= 15 is 0 Å². The molecule has 0 amide bonds. The van der Waals surface area contributed by atoms with E-state index in [1.165, 1.54) is 32.1 Å². The summed E-state index contributed by atoms with van der Waals surface area (Å²) in [5.41, 5.74) is 3.34. The lowest BCUT2D eigenvalue weighted by Crippen LogP contribution is -2.28. The molecule has 0 heterocycles. The number of benzene rings is 1. The Morgan fingerprint density at radius 3 is 2.60 bits per heavy atom. The van der Waals surface area contributed by atoms with Gasteiger partial charge in [0.25, 0.3) is 0 Å². The van der Waals surface area contributed by atoms with Gasteiger partial charge in [0.1, 0.15) is 6.07 Å². The van der Waals surface area contributed by atoms with Crippen LogP contribution in [0.2, 0.25) is 0 Å². The van der Waals surface area contributed by atoms with Crippen LogP contribution in [0.4, 0.5) is 5.69 Å². The van der Waals surface area contributed by atoms with Gasteiger partial charge >= 0.3 is 0 Å². The first-order valence-electron chi connectivity index (χ1n) is 7.79. The molecule has 0 aliphatic heterocycles. The molecule has 2 nitrogen and oxygen atoms in total. The van der Waals surface area contributed by atoms with Gasteiger partial charge in [0.05, 0.1) is 11.3 Å². The molecule has 1 aromatic rings. The van der Waals surface area contributed by atoms with Gasteiger partial charge in [0.15, 0.2) is 0 Å². The Kier molecular flexibility index (Phi) is 4.70. The van der Waals surface area contributed by atoms with Gasteiger partial charge in [0.2, 0.25) is 0 Å². The average Bonchev–Trinajstić information content (AvgIpc) is 2.85. The van der Waals surface area contributed by atoms with Crippen molar-refractivity contribution in [2.24, 2.45) is 11.3 Å². The van der Waals surface area contributed by atoms with Crippen LogP contribution in [0.25, 0.3) is 0 Å². The van der Waals surface area contributed by atoms with Gasteiger partial charge in [-0.15, -0.1) is 0 Å². The van der Waals surface area contributed by atoms with E-state index in [4.69, 9.17) is 0 Å². The van der Waals surface area contributed by atoms with Crippen molar-refractivity contribution in [3.8, 4) is 6.07 Å². The number of hydrogen-bond acceptors (Lipinski definition) is 2. The van der Waals surface area contributed by atoms with Gasteiger partial charge < -0.3 is 5.32 Å². The van der Waals surface area contributed by atoms with Gasteiger partial charge in [-0.25, -0.2) is 0 Å². The minimum atomic E-state index is 0.436. The standard InChI is InChI=1S/C18H26N2/c1-14(2)11-18(8-4-5-9-18)13-20-17-7-6-15(3)10-16(17)12-19/h6-7,10,14,20H,4-5,8-9,11,13H2,1-3H3. The third-order valence-electron chi connectivity index (χ3n) is 4.45. The Labute approximate surface area is 123 Å². The molecular weight excluding hydrogens is 244 g/mol. The zero-order chi connectivity index (χ0) is 14.6. The first-order valence-corrected chi connectivity index (χ1v) is 7.79. The Bertz CT molecular complexity index is 491. The average molecular weight is 270 g/mol. The molecule has 1 aliphatic rings. The molecule has 0 aromatic heterocycles. The second-order valence-electron chi connectivity index (χ2n) is 6.82. The van der Waals surface area contributed by atoms with E-state index < -0.39 is 0 Å². The fraction of sp³-hybridized carbons (Fsp3) is 0.611. The second kappa shape index (κ2) is 6.31. The van der Waals surface area contributed by atoms with Crippen molar-refractivity contribution in [3.63, 3.8) is 0 Å². The highest BCUT2D eigenvalue weighted by Crippen LogP contribution is 2.43. The highest BCUT2D eigenvalue weighted by molar-refractivity contribution is 5.58. The maximum atomic E-state index is 9.25. The lowest BCUT2D eigenvalue weighted by molar-refractivity contribution is 0.252. The summed E-state index contributed by atoms with van der Waals surface area (Å²) >= 11 is 0. The quantitative estimate of drug-likeness (QED) is 0.827. The lowest BCUT2D eigenvalue weighted by atomic mass is 9.78. The summed E-state index contributed by atoms with van der Waals surface area (Å²) in [6, 6.07) is 8.39. The summed E-state index contributed by atoms with van der Waals surface area (Å²) in [4.78, 5) is 0. The Balaban J connectivity index is 2.08. The lowest BCUT2D eigenvalue weighted by Gasteiger charge is -2.31. The smallest absolute Gasteiger partial charge is 0.101 e. The molecule has 0 spiro atoms. The predicted molar refractivity (Wildman–Crippen MR) is 84.7 cm³/mol. The number of nitrogens with zero attached hydrogens (tertiary/aromatic N) is 1. The number of nitrogens with one attached hydrogen (secondary N) is 1. The summed E-state index contributed by atoms with van der Waals surface area (Å²) in [7, 11) is 0. The van der Waals surface area contributed by atoms with E-state index in [0.717, 1.165) is 29.3 Å². The van der Waals surface area contributed by atoms with E-state index in [1.54, 1.807) is 0 Å². The number of rotatable bonds is 5. The first kappa shape index (κ1) is 14.9. The number of aryl methyl sites for hydroxylation is 1. The topological polar surface area (TPSA) is 35.8 Å². The molecule has 2 rings (SSSR count). The molecule has 0 bridgehead atoms. The van der Waals surface area contributed by atoms with Gasteiger partial charge in [-0.3, -0.25) is 0 Å². The molecule has 1 fully saturated rings. The summed E-state index contributed by atoms with van der Waals surface area (Å²) < 4.78 is 0. The van der Waals surface area contributed by atoms with Crippen LogP contribution < -0.4 is 5.32 Å². The molecule has 1 saturated carbocycles. The highest BCUT2D eigenvalue weighted by atomic mass is 14.9. The molecule has 0 atom stereocenters. The summed E-state index contributed by atoms with van der Waals surface area (Å²) in [6.07, 6.45) is 6.65. The number of nitriles is 1. The Morgan fingerprint density at radius 2 is 2.00 bits per heavy atom. The fourth-order valence-corrected chi connectivity index (χ4v) is 3.63. The van der Waals surface area contributed by atoms with Crippen LogP contribution >= 0.6 is 0 Å². The zero-order valence-electron chi connectivity index (χ0n) is 13.0. The SMILES string of the molecule is Cc1ccc(NCC2(CC(C)C)CCCC2)c(C#N)c1. The van der Waals surface area contributed by atoms with Crippen molar-refractivity contribution in [3.05, 3.63) is 29.3 Å². The normalized spacial score (nSPS) is 17.1. The van der Waals surface area contributed by atoms with Gasteiger partial charge in [-0.05, 0) is 55.2 Å². The molecule has 0 saturated heterocycles. The van der Waals surface area contributed by atoms with Crippen LogP contribution in [-0.2, 0) is 0 Å². The number of anilines is 1. The van der Waals surface area contributed by atoms with Crippen molar-refractivity contribution in [1.82, 2.24) is 0 Å². The van der Waals surface area contributed by atoms with Gasteiger partial charge in [-0.1, -0.05) is 32.8 Å². The minimum absolute atomic E-state index is 0.436. The van der Waals surface area contributed by atoms with Crippen molar-refractivity contribution in [1.29, 1.82) is 5.26 Å². The maximum Gasteiger partial charge on any atom is 0.101 e. The molecule has 0 radical (unpaired) electrons. The first-order chi connectivity index (χ1) is 9.54. The molecule has 2 heteroatoms. The van der Waals surface area contributed by atoms with Crippen molar-refractivity contribution in [2.45, 2.75) is 52.9 Å². The molecule has 1 N–H and O–H groups in total. The molecule has 20 heavy (non-hydrogen) atoms. The maximum absolute atomic E-state index is 9.25. The largest absolute Gasteiger partial charge is 0.383 e. The highest BCUT2D eigenvalue weighted by Gasteiger charge is 2.34. The molecular formula is C18H26N2. The molecule has 0 unspecified atom stereocenters. The molecule has 1 aromatic carbocycles. The second-order valence-corrected chi connectivity index (χ2v) is 6.82. The van der Waals surface area contributed by atoms with Crippen LogP contribution in [0.5, 0.6) is 0 Å². The van der Waals surface area contributed by atoms with Crippen LogP contribution in [0, 0.1) is 29.6 Å². The zero-order valence-corrected chi connectivity index (χ0v) is 13.0. The summed E-state index contributed by atoms with van der Waals surface area (Å²) in [5.74, 6) is 0.739. The Morgan fingerprint density at radius 1 is 1.30 bits per heavy atom. The van der Waals surface area contributed by atoms with E-state index in [-0.39, 0.29) is 0 Å². The van der Waals surface area contributed by atoms with Gasteiger partial charge in [-0.2, -0.15) is 5.26 Å². The van der Waals surface area contributed by atoms with Crippen LogP contribution in [0.15, 0.2) is 18.2 Å². The number of hydrogen-bond donors (Lipinski definition) is 1. The molecule has 108 valence electrons. The predicted octanol–water partition coefficient (Wildman–Crippen LogP) is 4.89. The van der Waals surface area contributed by atoms with Crippen molar-refractivity contribution >= 4 is 5.69 Å². The van der Waals surface area contributed by atoms with Crippen LogP contribution in [0.3, 0.4) is 0 Å².